The molecule has 138 valence electrons. The Morgan fingerprint density at radius 3 is 2.59 bits per heavy atom. The molecule has 1 aromatic heterocycles. The van der Waals surface area contributed by atoms with Crippen LogP contribution in [0.1, 0.15) is 19.4 Å². The molecular formula is C22H21NO4. The van der Waals surface area contributed by atoms with E-state index in [1.165, 1.54) is 6.08 Å². The number of hydrogen-bond donors (Lipinski definition) is 0. The maximum absolute atomic E-state index is 12.1. The van der Waals surface area contributed by atoms with Crippen molar-refractivity contribution in [2.24, 2.45) is 0 Å². The van der Waals surface area contributed by atoms with Gasteiger partial charge in [-0.3, -0.25) is 4.98 Å². The first-order chi connectivity index (χ1) is 13.2. The number of aromatic nitrogens is 1. The monoisotopic (exact) mass is 363 g/mol. The fourth-order valence-corrected chi connectivity index (χ4v) is 2.61. The van der Waals surface area contributed by atoms with Gasteiger partial charge in [-0.25, -0.2) is 4.79 Å². The Balaban J connectivity index is 1.70. The zero-order chi connectivity index (χ0) is 19.1. The Morgan fingerprint density at radius 1 is 0.963 bits per heavy atom. The van der Waals surface area contributed by atoms with Gasteiger partial charge in [-0.2, -0.15) is 0 Å². The van der Waals surface area contributed by atoms with Crippen molar-refractivity contribution >= 4 is 22.8 Å². The molecule has 0 saturated carbocycles. The van der Waals surface area contributed by atoms with Gasteiger partial charge in [0.25, 0.3) is 0 Å². The summed E-state index contributed by atoms with van der Waals surface area (Å²) >= 11 is 0. The molecule has 0 atom stereocenters. The van der Waals surface area contributed by atoms with Gasteiger partial charge in [0.15, 0.2) is 11.5 Å². The van der Waals surface area contributed by atoms with Gasteiger partial charge in [0.2, 0.25) is 0 Å². The van der Waals surface area contributed by atoms with E-state index in [1.54, 1.807) is 30.6 Å². The Labute approximate surface area is 158 Å². The van der Waals surface area contributed by atoms with Crippen LogP contribution in [0.3, 0.4) is 0 Å². The summed E-state index contributed by atoms with van der Waals surface area (Å²) in [7, 11) is 0. The predicted molar refractivity (Wildman–Crippen MR) is 105 cm³/mol. The normalized spacial score (nSPS) is 10.9. The van der Waals surface area contributed by atoms with Gasteiger partial charge in [0.05, 0.1) is 13.2 Å². The van der Waals surface area contributed by atoms with Gasteiger partial charge in [-0.15, -0.1) is 0 Å². The molecule has 0 unspecified atom stereocenters. The molecule has 0 spiro atoms. The number of carbonyl (C=O) groups is 1. The molecule has 0 saturated heterocycles. The highest BCUT2D eigenvalue weighted by atomic mass is 16.5. The van der Waals surface area contributed by atoms with E-state index in [9.17, 15) is 4.79 Å². The molecule has 0 aliphatic rings. The zero-order valence-electron chi connectivity index (χ0n) is 15.3. The van der Waals surface area contributed by atoms with Crippen LogP contribution in [-0.2, 0) is 4.79 Å². The second-order valence-corrected chi connectivity index (χ2v) is 5.71. The van der Waals surface area contributed by atoms with E-state index in [4.69, 9.17) is 14.2 Å². The van der Waals surface area contributed by atoms with E-state index >= 15 is 0 Å². The first kappa shape index (κ1) is 18.5. The minimum Gasteiger partial charge on any atom is -0.490 e. The fourth-order valence-electron chi connectivity index (χ4n) is 2.61. The highest BCUT2D eigenvalue weighted by Crippen LogP contribution is 2.29. The lowest BCUT2D eigenvalue weighted by Gasteiger charge is -2.11. The van der Waals surface area contributed by atoms with Crippen molar-refractivity contribution in [1.29, 1.82) is 0 Å². The van der Waals surface area contributed by atoms with Crippen molar-refractivity contribution in [3.63, 3.8) is 0 Å². The summed E-state index contributed by atoms with van der Waals surface area (Å²) in [5.41, 5.74) is 0.821. The van der Waals surface area contributed by atoms with E-state index in [2.05, 4.69) is 4.98 Å². The number of hydrogen-bond acceptors (Lipinski definition) is 5. The second kappa shape index (κ2) is 8.85. The van der Waals surface area contributed by atoms with Crippen LogP contribution in [0.25, 0.3) is 16.8 Å². The maximum Gasteiger partial charge on any atom is 0.336 e. The molecule has 0 bridgehead atoms. The van der Waals surface area contributed by atoms with E-state index in [0.717, 1.165) is 16.3 Å². The summed E-state index contributed by atoms with van der Waals surface area (Å²) in [4.78, 5) is 16.2. The number of nitrogens with zero attached hydrogens (tertiary/aromatic N) is 1. The molecule has 0 aliphatic heterocycles. The van der Waals surface area contributed by atoms with Gasteiger partial charge < -0.3 is 14.2 Å². The first-order valence-electron chi connectivity index (χ1n) is 8.83. The summed E-state index contributed by atoms with van der Waals surface area (Å²) in [6.45, 7) is 4.92. The Hall–Kier alpha value is -3.34. The van der Waals surface area contributed by atoms with Gasteiger partial charge in [0.1, 0.15) is 5.75 Å². The molecule has 3 rings (SSSR count). The topological polar surface area (TPSA) is 57.7 Å². The van der Waals surface area contributed by atoms with Crippen LogP contribution < -0.4 is 14.2 Å². The van der Waals surface area contributed by atoms with Crippen LogP contribution in [0, 0.1) is 0 Å². The minimum atomic E-state index is -0.454. The van der Waals surface area contributed by atoms with Crippen molar-refractivity contribution in [2.75, 3.05) is 13.2 Å². The Bertz CT molecular complexity index is 965. The largest absolute Gasteiger partial charge is 0.490 e. The Kier molecular flexibility index (Phi) is 6.05. The van der Waals surface area contributed by atoms with Crippen molar-refractivity contribution in [3.8, 4) is 17.2 Å². The molecule has 0 fully saturated rings. The lowest BCUT2D eigenvalue weighted by molar-refractivity contribution is -0.128. The highest BCUT2D eigenvalue weighted by Gasteiger charge is 2.06. The smallest absolute Gasteiger partial charge is 0.336 e. The third-order valence-electron chi connectivity index (χ3n) is 3.81. The van der Waals surface area contributed by atoms with Crippen molar-refractivity contribution in [2.45, 2.75) is 13.8 Å². The van der Waals surface area contributed by atoms with Crippen molar-refractivity contribution < 1.29 is 19.0 Å². The number of pyridine rings is 1. The van der Waals surface area contributed by atoms with Crippen LogP contribution in [0.2, 0.25) is 0 Å². The third kappa shape index (κ3) is 4.85. The van der Waals surface area contributed by atoms with Gasteiger partial charge in [-0.05, 0) is 61.2 Å². The molecule has 0 amide bonds. The average Bonchev–Trinajstić information content (AvgIpc) is 2.68. The van der Waals surface area contributed by atoms with Gasteiger partial charge in [0, 0.05) is 23.9 Å². The predicted octanol–water partition coefficient (Wildman–Crippen LogP) is 4.65. The summed E-state index contributed by atoms with van der Waals surface area (Å²) in [6.07, 6.45) is 6.53. The van der Waals surface area contributed by atoms with Crippen LogP contribution in [0.5, 0.6) is 17.2 Å². The van der Waals surface area contributed by atoms with Crippen LogP contribution in [-0.4, -0.2) is 24.2 Å². The number of carbonyl (C=O) groups excluding carboxylic acids is 1. The van der Waals surface area contributed by atoms with Crippen LogP contribution in [0.15, 0.2) is 60.9 Å². The molecule has 3 aromatic rings. The quantitative estimate of drug-likeness (QED) is 0.347. The average molecular weight is 363 g/mol. The molecule has 5 heteroatoms. The Morgan fingerprint density at radius 2 is 1.78 bits per heavy atom. The zero-order valence-corrected chi connectivity index (χ0v) is 15.3. The molecule has 0 aliphatic carbocycles. The molecule has 1 heterocycles. The summed E-state index contributed by atoms with van der Waals surface area (Å²) in [5, 5.41) is 1.96. The SMILES string of the molecule is CCOc1ccc(/C=C\C(=O)Oc2ccc3ccncc3c2)cc1OCC. The molecule has 0 radical (unpaired) electrons. The molecule has 27 heavy (non-hydrogen) atoms. The molecular weight excluding hydrogens is 342 g/mol. The van der Waals surface area contributed by atoms with E-state index in [0.29, 0.717) is 30.5 Å². The van der Waals surface area contributed by atoms with Gasteiger partial charge in [-0.1, -0.05) is 12.1 Å². The van der Waals surface area contributed by atoms with Crippen LogP contribution in [0.4, 0.5) is 0 Å². The fraction of sp³-hybridized carbons (Fsp3) is 0.182. The number of benzene rings is 2. The molecule has 0 N–H and O–H groups in total. The number of rotatable bonds is 7. The lowest BCUT2D eigenvalue weighted by atomic mass is 10.2. The van der Waals surface area contributed by atoms with E-state index in [-0.39, 0.29) is 0 Å². The molecule has 5 nitrogen and oxygen atoms in total. The highest BCUT2D eigenvalue weighted by molar-refractivity contribution is 5.90. The number of ether oxygens (including phenoxy) is 3. The van der Waals surface area contributed by atoms with Crippen molar-refractivity contribution in [1.82, 2.24) is 4.98 Å². The standard InChI is InChI=1S/C22H21NO4/c1-3-25-20-9-5-16(13-21(20)26-4-2)6-10-22(24)27-19-8-7-17-11-12-23-15-18(17)14-19/h5-15H,3-4H2,1-2H3/b10-6-. The first-order valence-corrected chi connectivity index (χ1v) is 8.83. The summed E-state index contributed by atoms with van der Waals surface area (Å²) in [5.74, 6) is 1.36. The van der Waals surface area contributed by atoms with Crippen molar-refractivity contribution in [3.05, 3.63) is 66.5 Å². The third-order valence-corrected chi connectivity index (χ3v) is 3.81. The summed E-state index contributed by atoms with van der Waals surface area (Å²) < 4.78 is 16.5. The molecule has 2 aromatic carbocycles. The lowest BCUT2D eigenvalue weighted by Crippen LogP contribution is -2.03. The number of fused-ring (bicyclic) bond motifs is 1. The van der Waals surface area contributed by atoms with Crippen LogP contribution >= 0.6 is 0 Å². The number of esters is 1. The van der Waals surface area contributed by atoms with E-state index < -0.39 is 5.97 Å². The second-order valence-electron chi connectivity index (χ2n) is 5.71. The minimum absolute atomic E-state index is 0.454. The van der Waals surface area contributed by atoms with Gasteiger partial charge >= 0.3 is 5.97 Å². The summed E-state index contributed by atoms with van der Waals surface area (Å²) in [6, 6.07) is 12.9. The maximum atomic E-state index is 12.1. The van der Waals surface area contributed by atoms with E-state index in [1.807, 2.05) is 44.2 Å².